The molecule has 17 heavy (non-hydrogen) atoms. The Morgan fingerprint density at radius 1 is 1.35 bits per heavy atom. The molecule has 0 aromatic carbocycles. The Kier molecular flexibility index (Phi) is 7.09. The molecule has 0 radical (unpaired) electrons. The summed E-state index contributed by atoms with van der Waals surface area (Å²) in [5, 5.41) is 3.39. The van der Waals surface area contributed by atoms with E-state index in [1.807, 2.05) is 0 Å². The van der Waals surface area contributed by atoms with Gasteiger partial charge in [0.15, 0.2) is 0 Å². The number of hydrogen-bond donors (Lipinski definition) is 1. The number of nitrogens with zero attached hydrogens (tertiary/aromatic N) is 2. The van der Waals surface area contributed by atoms with Gasteiger partial charge in [0.05, 0.1) is 0 Å². The average molecular weight is 241 g/mol. The van der Waals surface area contributed by atoms with Crippen LogP contribution in [0.5, 0.6) is 0 Å². The maximum absolute atomic E-state index is 3.39. The van der Waals surface area contributed by atoms with E-state index in [9.17, 15) is 0 Å². The zero-order chi connectivity index (χ0) is 12.7. The Balaban J connectivity index is 2.25. The molecule has 1 saturated heterocycles. The number of hydrogen-bond acceptors (Lipinski definition) is 3. The molecule has 1 N–H and O–H groups in total. The zero-order valence-corrected chi connectivity index (χ0v) is 12.2. The molecule has 0 spiro atoms. The zero-order valence-electron chi connectivity index (χ0n) is 12.2. The van der Waals surface area contributed by atoms with Crippen LogP contribution in [-0.4, -0.2) is 62.2 Å². The number of likely N-dealkylation sites (N-methyl/N-ethyl adjacent to an activating group) is 1. The molecule has 1 aliphatic heterocycles. The van der Waals surface area contributed by atoms with Crippen molar-refractivity contribution in [2.24, 2.45) is 0 Å². The van der Waals surface area contributed by atoms with Crippen LogP contribution in [0.4, 0.5) is 0 Å². The highest BCUT2D eigenvalue weighted by Gasteiger charge is 2.19. The van der Waals surface area contributed by atoms with Crippen LogP contribution < -0.4 is 5.32 Å². The molecule has 0 saturated carbocycles. The fourth-order valence-corrected chi connectivity index (χ4v) is 2.85. The molecule has 0 aromatic heterocycles. The topological polar surface area (TPSA) is 18.5 Å². The summed E-state index contributed by atoms with van der Waals surface area (Å²) in [5.74, 6) is 0. The molecule has 0 aliphatic carbocycles. The quantitative estimate of drug-likeness (QED) is 0.765. The fourth-order valence-electron chi connectivity index (χ4n) is 2.85. The maximum atomic E-state index is 3.39. The van der Waals surface area contributed by atoms with Gasteiger partial charge in [0.2, 0.25) is 0 Å². The SMILES string of the molecule is CCC(CCCN1CCCN(C)CC1C)NC. The van der Waals surface area contributed by atoms with Crippen molar-refractivity contribution in [1.82, 2.24) is 15.1 Å². The van der Waals surface area contributed by atoms with Gasteiger partial charge in [0.25, 0.3) is 0 Å². The van der Waals surface area contributed by atoms with E-state index in [2.05, 4.69) is 43.1 Å². The molecule has 2 atom stereocenters. The Labute approximate surface area is 108 Å². The number of nitrogens with one attached hydrogen (secondary N) is 1. The lowest BCUT2D eigenvalue weighted by atomic mass is 10.1. The largest absolute Gasteiger partial charge is 0.317 e. The van der Waals surface area contributed by atoms with Gasteiger partial charge in [-0.2, -0.15) is 0 Å². The molecule has 1 aliphatic rings. The van der Waals surface area contributed by atoms with E-state index < -0.39 is 0 Å². The second-order valence-electron chi connectivity index (χ2n) is 5.54. The van der Waals surface area contributed by atoms with Gasteiger partial charge in [-0.1, -0.05) is 6.92 Å². The van der Waals surface area contributed by atoms with Crippen molar-refractivity contribution in [3.05, 3.63) is 0 Å². The van der Waals surface area contributed by atoms with Gasteiger partial charge < -0.3 is 10.2 Å². The second kappa shape index (κ2) is 8.06. The molecule has 3 heteroatoms. The van der Waals surface area contributed by atoms with E-state index in [0.29, 0.717) is 6.04 Å². The molecule has 0 bridgehead atoms. The Hall–Kier alpha value is -0.120. The van der Waals surface area contributed by atoms with Crippen molar-refractivity contribution >= 4 is 0 Å². The van der Waals surface area contributed by atoms with E-state index in [1.54, 1.807) is 0 Å². The van der Waals surface area contributed by atoms with Crippen LogP contribution in [0, 0.1) is 0 Å². The van der Waals surface area contributed by atoms with Crippen LogP contribution in [0.25, 0.3) is 0 Å². The summed E-state index contributed by atoms with van der Waals surface area (Å²) in [4.78, 5) is 5.14. The summed E-state index contributed by atoms with van der Waals surface area (Å²) < 4.78 is 0. The van der Waals surface area contributed by atoms with Gasteiger partial charge >= 0.3 is 0 Å². The molecule has 0 amide bonds. The molecule has 0 aromatic rings. The van der Waals surface area contributed by atoms with Crippen molar-refractivity contribution in [1.29, 1.82) is 0 Å². The molecular weight excluding hydrogens is 210 g/mol. The lowest BCUT2D eigenvalue weighted by Crippen LogP contribution is -2.39. The number of rotatable bonds is 6. The van der Waals surface area contributed by atoms with Crippen LogP contribution >= 0.6 is 0 Å². The van der Waals surface area contributed by atoms with Gasteiger partial charge in [-0.05, 0) is 66.3 Å². The van der Waals surface area contributed by atoms with E-state index in [1.165, 1.54) is 51.9 Å². The molecule has 1 rings (SSSR count). The third-order valence-electron chi connectivity index (χ3n) is 4.08. The van der Waals surface area contributed by atoms with Gasteiger partial charge in [0, 0.05) is 18.6 Å². The monoisotopic (exact) mass is 241 g/mol. The predicted octanol–water partition coefficient (Wildman–Crippen LogP) is 1.79. The van der Waals surface area contributed by atoms with E-state index in [-0.39, 0.29) is 0 Å². The van der Waals surface area contributed by atoms with E-state index in [4.69, 9.17) is 0 Å². The first-order chi connectivity index (χ1) is 8.17. The maximum Gasteiger partial charge on any atom is 0.0194 e. The molecule has 1 fully saturated rings. The first-order valence-corrected chi connectivity index (χ1v) is 7.27. The molecule has 2 unspecified atom stereocenters. The van der Waals surface area contributed by atoms with Gasteiger partial charge in [-0.25, -0.2) is 0 Å². The van der Waals surface area contributed by atoms with Crippen LogP contribution in [-0.2, 0) is 0 Å². The summed E-state index contributed by atoms with van der Waals surface area (Å²) in [5.41, 5.74) is 0. The molecule has 102 valence electrons. The van der Waals surface area contributed by atoms with Crippen LogP contribution in [0.1, 0.15) is 39.5 Å². The Morgan fingerprint density at radius 2 is 2.12 bits per heavy atom. The van der Waals surface area contributed by atoms with Gasteiger partial charge in [-0.15, -0.1) is 0 Å². The Morgan fingerprint density at radius 3 is 2.76 bits per heavy atom. The van der Waals surface area contributed by atoms with Gasteiger partial charge in [0.1, 0.15) is 0 Å². The van der Waals surface area contributed by atoms with Crippen molar-refractivity contribution < 1.29 is 0 Å². The highest BCUT2D eigenvalue weighted by molar-refractivity contribution is 4.75. The van der Waals surface area contributed by atoms with Crippen LogP contribution in [0.3, 0.4) is 0 Å². The minimum atomic E-state index is 0.708. The summed E-state index contributed by atoms with van der Waals surface area (Å²) in [7, 11) is 4.33. The van der Waals surface area contributed by atoms with Crippen LogP contribution in [0.15, 0.2) is 0 Å². The van der Waals surface area contributed by atoms with Crippen molar-refractivity contribution in [2.75, 3.05) is 40.3 Å². The first kappa shape index (κ1) is 14.9. The minimum Gasteiger partial charge on any atom is -0.317 e. The normalized spacial score (nSPS) is 25.8. The fraction of sp³-hybridized carbons (Fsp3) is 1.00. The third-order valence-corrected chi connectivity index (χ3v) is 4.08. The minimum absolute atomic E-state index is 0.708. The summed E-state index contributed by atoms with van der Waals surface area (Å²) >= 11 is 0. The molecule has 1 heterocycles. The van der Waals surface area contributed by atoms with Crippen molar-refractivity contribution in [3.63, 3.8) is 0 Å². The van der Waals surface area contributed by atoms with Crippen LogP contribution in [0.2, 0.25) is 0 Å². The smallest absolute Gasteiger partial charge is 0.0194 e. The first-order valence-electron chi connectivity index (χ1n) is 7.27. The van der Waals surface area contributed by atoms with Gasteiger partial charge in [-0.3, -0.25) is 4.90 Å². The Bertz CT molecular complexity index is 192. The summed E-state index contributed by atoms with van der Waals surface area (Å²) in [6.45, 7) is 9.68. The lowest BCUT2D eigenvalue weighted by molar-refractivity contribution is 0.196. The molecular formula is C14H31N3. The van der Waals surface area contributed by atoms with E-state index in [0.717, 1.165) is 6.04 Å². The highest BCUT2D eigenvalue weighted by Crippen LogP contribution is 2.10. The third kappa shape index (κ3) is 5.36. The highest BCUT2D eigenvalue weighted by atomic mass is 15.2. The summed E-state index contributed by atoms with van der Waals surface area (Å²) in [6, 6.07) is 1.43. The predicted molar refractivity (Wildman–Crippen MR) is 75.5 cm³/mol. The second-order valence-corrected chi connectivity index (χ2v) is 5.54. The lowest BCUT2D eigenvalue weighted by Gasteiger charge is -2.28. The van der Waals surface area contributed by atoms with Crippen molar-refractivity contribution in [2.45, 2.75) is 51.6 Å². The standard InChI is InChI=1S/C14H31N3/c1-5-14(15-3)8-6-10-17-11-7-9-16(4)12-13(17)2/h13-15H,5-12H2,1-4H3. The van der Waals surface area contributed by atoms with E-state index >= 15 is 0 Å². The van der Waals surface area contributed by atoms with Crippen molar-refractivity contribution in [3.8, 4) is 0 Å². The summed E-state index contributed by atoms with van der Waals surface area (Å²) in [6.07, 6.45) is 5.21. The average Bonchev–Trinajstić information content (AvgIpc) is 2.46. The molecule has 3 nitrogen and oxygen atoms in total.